The fourth-order valence-corrected chi connectivity index (χ4v) is 4.32. The summed E-state index contributed by atoms with van der Waals surface area (Å²) in [4.78, 5) is 18.0. The van der Waals surface area contributed by atoms with Gasteiger partial charge in [-0.25, -0.2) is 4.98 Å². The van der Waals surface area contributed by atoms with Gasteiger partial charge in [0.1, 0.15) is 11.5 Å². The minimum atomic E-state index is -0.508. The quantitative estimate of drug-likeness (QED) is 0.260. The van der Waals surface area contributed by atoms with Crippen LogP contribution in [-0.4, -0.2) is 36.0 Å². The smallest absolute Gasteiger partial charge is 0.205 e. The summed E-state index contributed by atoms with van der Waals surface area (Å²) < 4.78 is 2.01. The molecule has 7 nitrogen and oxygen atoms in total. The molecule has 0 unspecified atom stereocenters. The third-order valence-electron chi connectivity index (χ3n) is 6.59. The molecule has 8 heteroatoms. The van der Waals surface area contributed by atoms with Crippen molar-refractivity contribution in [2.75, 3.05) is 0 Å². The predicted molar refractivity (Wildman–Crippen MR) is 138 cm³/mol. The number of carbonyl (C=O) groups is 1. The first-order valence-electron chi connectivity index (χ1n) is 12.1. The van der Waals surface area contributed by atoms with Crippen molar-refractivity contribution < 1.29 is 4.79 Å². The number of unbranched alkanes of at least 4 members (excludes halogenated alkanes) is 1. The highest BCUT2D eigenvalue weighted by atomic mass is 35.5. The number of tetrazole rings is 1. The third-order valence-corrected chi connectivity index (χ3v) is 6.85. The van der Waals surface area contributed by atoms with Crippen LogP contribution in [0.2, 0.25) is 5.15 Å². The highest BCUT2D eigenvalue weighted by Crippen LogP contribution is 2.32. The number of Topliss-reactive ketones (excluding diaryl/α,β-unsaturated/α-hetero) is 1. The normalized spacial score (nSPS) is 11.7. The Morgan fingerprint density at radius 2 is 1.77 bits per heavy atom. The number of carbonyl (C=O) groups excluding carboxylic acids is 1. The number of benzene rings is 2. The fraction of sp³-hybridized carbons (Fsp3) is 0.370. The van der Waals surface area contributed by atoms with Gasteiger partial charge in [-0.05, 0) is 34.7 Å². The van der Waals surface area contributed by atoms with Gasteiger partial charge in [0.05, 0.1) is 0 Å². The van der Waals surface area contributed by atoms with Gasteiger partial charge in [-0.3, -0.25) is 4.79 Å². The zero-order chi connectivity index (χ0) is 25.0. The number of aryl methyl sites for hydroxylation is 1. The molecule has 0 aliphatic rings. The second kappa shape index (κ2) is 10.5. The molecule has 0 atom stereocenters. The molecule has 4 aromatic rings. The monoisotopic (exact) mass is 490 g/mol. The van der Waals surface area contributed by atoms with E-state index in [2.05, 4.69) is 56.8 Å². The molecule has 2 aromatic carbocycles. The average Bonchev–Trinajstić information content (AvgIpc) is 3.51. The topological polar surface area (TPSA) is 89.4 Å². The van der Waals surface area contributed by atoms with E-state index in [0.717, 1.165) is 53.8 Å². The molecule has 4 rings (SSSR count). The van der Waals surface area contributed by atoms with Gasteiger partial charge in [-0.1, -0.05) is 94.2 Å². The fourth-order valence-electron chi connectivity index (χ4n) is 4.04. The maximum atomic E-state index is 13.4. The van der Waals surface area contributed by atoms with Crippen LogP contribution in [0.5, 0.6) is 0 Å². The van der Waals surface area contributed by atoms with Crippen molar-refractivity contribution in [1.29, 1.82) is 0 Å². The zero-order valence-corrected chi connectivity index (χ0v) is 21.4. The number of aromatic nitrogens is 6. The van der Waals surface area contributed by atoms with Crippen LogP contribution in [0.3, 0.4) is 0 Å². The zero-order valence-electron chi connectivity index (χ0n) is 20.7. The average molecular weight is 491 g/mol. The summed E-state index contributed by atoms with van der Waals surface area (Å²) in [7, 11) is 0. The molecular formula is C27H31ClN6O. The Balaban J connectivity index is 1.68. The molecule has 0 amide bonds. The van der Waals surface area contributed by atoms with Crippen LogP contribution in [0.4, 0.5) is 0 Å². The molecule has 0 spiro atoms. The number of hydrogen-bond donors (Lipinski definition) is 1. The van der Waals surface area contributed by atoms with Crippen molar-refractivity contribution in [3.05, 3.63) is 70.8 Å². The first kappa shape index (κ1) is 24.8. The van der Waals surface area contributed by atoms with Crippen LogP contribution in [0.15, 0.2) is 48.5 Å². The number of nitrogens with zero attached hydrogens (tertiary/aromatic N) is 5. The summed E-state index contributed by atoms with van der Waals surface area (Å²) in [6.45, 7) is 8.63. The summed E-state index contributed by atoms with van der Waals surface area (Å²) in [6.07, 6.45) is 3.55. The SMILES string of the molecule is CCCCc1nc(Cl)c(C(=O)C(C)(C)CC)n1Cc1ccc(-c2ccccc2-c2nn[nH]n2)cc1. The number of ketones is 1. The van der Waals surface area contributed by atoms with Crippen LogP contribution in [0.25, 0.3) is 22.5 Å². The van der Waals surface area contributed by atoms with E-state index < -0.39 is 5.41 Å². The lowest BCUT2D eigenvalue weighted by molar-refractivity contribution is 0.0823. The maximum absolute atomic E-state index is 13.4. The predicted octanol–water partition coefficient (Wildman–Crippen LogP) is 6.39. The molecule has 0 saturated heterocycles. The summed E-state index contributed by atoms with van der Waals surface area (Å²) in [6, 6.07) is 16.3. The largest absolute Gasteiger partial charge is 0.320 e. The van der Waals surface area contributed by atoms with Gasteiger partial charge >= 0.3 is 0 Å². The Morgan fingerprint density at radius 1 is 1.06 bits per heavy atom. The van der Waals surface area contributed by atoms with Crippen LogP contribution in [-0.2, 0) is 13.0 Å². The molecule has 0 fully saturated rings. The molecule has 0 aliphatic carbocycles. The van der Waals surface area contributed by atoms with Gasteiger partial charge in [0, 0.05) is 23.9 Å². The van der Waals surface area contributed by atoms with Crippen LogP contribution in [0.1, 0.15) is 68.8 Å². The number of halogens is 1. The highest BCUT2D eigenvalue weighted by Gasteiger charge is 2.32. The van der Waals surface area contributed by atoms with Gasteiger partial charge in [0.25, 0.3) is 0 Å². The van der Waals surface area contributed by atoms with E-state index in [1.165, 1.54) is 0 Å². The first-order chi connectivity index (χ1) is 16.9. The molecule has 0 bridgehead atoms. The Bertz CT molecular complexity index is 1290. The second-order valence-corrected chi connectivity index (χ2v) is 9.76. The summed E-state index contributed by atoms with van der Waals surface area (Å²) >= 11 is 6.55. The van der Waals surface area contributed by atoms with Crippen molar-refractivity contribution in [2.45, 2.75) is 59.9 Å². The van der Waals surface area contributed by atoms with Crippen LogP contribution < -0.4 is 0 Å². The Hall–Kier alpha value is -3.32. The van der Waals surface area contributed by atoms with E-state index in [4.69, 9.17) is 11.6 Å². The number of nitrogens with one attached hydrogen (secondary N) is 1. The number of imidazole rings is 1. The molecule has 2 heterocycles. The van der Waals surface area contributed by atoms with Gasteiger partial charge in [-0.2, -0.15) is 5.21 Å². The van der Waals surface area contributed by atoms with Crippen molar-refractivity contribution >= 4 is 17.4 Å². The van der Waals surface area contributed by atoms with Gasteiger partial charge in [-0.15, -0.1) is 10.2 Å². The summed E-state index contributed by atoms with van der Waals surface area (Å²) in [5, 5.41) is 14.8. The van der Waals surface area contributed by atoms with Gasteiger partial charge < -0.3 is 4.57 Å². The van der Waals surface area contributed by atoms with E-state index in [9.17, 15) is 4.79 Å². The molecule has 0 saturated carbocycles. The molecule has 0 radical (unpaired) electrons. The lowest BCUT2D eigenvalue weighted by Gasteiger charge is -2.22. The van der Waals surface area contributed by atoms with Gasteiger partial charge in [0.2, 0.25) is 5.82 Å². The maximum Gasteiger partial charge on any atom is 0.205 e. The van der Waals surface area contributed by atoms with E-state index >= 15 is 0 Å². The van der Waals surface area contributed by atoms with Gasteiger partial charge in [0.15, 0.2) is 10.9 Å². The molecule has 35 heavy (non-hydrogen) atoms. The van der Waals surface area contributed by atoms with Crippen molar-refractivity contribution in [1.82, 2.24) is 30.2 Å². The lowest BCUT2D eigenvalue weighted by Crippen LogP contribution is -2.27. The van der Waals surface area contributed by atoms with E-state index in [1.54, 1.807) is 0 Å². The number of aromatic amines is 1. The standard InChI is InChI=1S/C27H31ClN6O/c1-5-7-12-22-29-25(28)23(24(35)27(3,4)6-2)34(22)17-18-13-15-19(16-14-18)20-10-8-9-11-21(20)26-30-32-33-31-26/h8-11,13-16H,5-7,12,17H2,1-4H3,(H,30,31,32,33). The second-order valence-electron chi connectivity index (χ2n) is 9.40. The van der Waals surface area contributed by atoms with E-state index in [-0.39, 0.29) is 5.78 Å². The van der Waals surface area contributed by atoms with Crippen molar-refractivity contribution in [3.63, 3.8) is 0 Å². The minimum Gasteiger partial charge on any atom is -0.320 e. The first-order valence-corrected chi connectivity index (χ1v) is 12.4. The molecule has 2 aromatic heterocycles. The molecular weight excluding hydrogens is 460 g/mol. The summed E-state index contributed by atoms with van der Waals surface area (Å²) in [5.74, 6) is 1.45. The number of rotatable bonds is 10. The third kappa shape index (κ3) is 5.20. The number of H-pyrrole nitrogens is 1. The number of hydrogen-bond acceptors (Lipinski definition) is 5. The molecule has 1 N–H and O–H groups in total. The van der Waals surface area contributed by atoms with Crippen molar-refractivity contribution in [2.24, 2.45) is 5.41 Å². The molecule has 0 aliphatic heterocycles. The Morgan fingerprint density at radius 3 is 2.40 bits per heavy atom. The minimum absolute atomic E-state index is 0.0332. The highest BCUT2D eigenvalue weighted by molar-refractivity contribution is 6.32. The van der Waals surface area contributed by atoms with Crippen LogP contribution in [0, 0.1) is 5.41 Å². The van der Waals surface area contributed by atoms with Crippen LogP contribution >= 0.6 is 11.6 Å². The lowest BCUT2D eigenvalue weighted by atomic mass is 9.84. The molecule has 182 valence electrons. The summed E-state index contributed by atoms with van der Waals surface area (Å²) in [5.41, 5.74) is 4.05. The van der Waals surface area contributed by atoms with E-state index in [0.29, 0.717) is 23.2 Å². The Labute approximate surface area is 210 Å². The Kier molecular flexibility index (Phi) is 7.45. The van der Waals surface area contributed by atoms with Crippen molar-refractivity contribution in [3.8, 4) is 22.5 Å². The van der Waals surface area contributed by atoms with E-state index in [1.807, 2.05) is 49.6 Å².